The third kappa shape index (κ3) is 4.76. The summed E-state index contributed by atoms with van der Waals surface area (Å²) in [7, 11) is 0.0815. The van der Waals surface area contributed by atoms with Gasteiger partial charge in [-0.3, -0.25) is 0 Å². The van der Waals surface area contributed by atoms with E-state index in [9.17, 15) is 8.42 Å². The first-order chi connectivity index (χ1) is 9.02. The maximum absolute atomic E-state index is 12.3. The van der Waals surface area contributed by atoms with Gasteiger partial charge < -0.3 is 5.32 Å². The van der Waals surface area contributed by atoms with Gasteiger partial charge in [0, 0.05) is 19.5 Å². The van der Waals surface area contributed by atoms with E-state index in [1.54, 1.807) is 19.2 Å². The van der Waals surface area contributed by atoms with Crippen molar-refractivity contribution in [1.29, 1.82) is 0 Å². The van der Waals surface area contributed by atoms with Crippen LogP contribution in [0.15, 0.2) is 29.2 Å². The molecule has 0 saturated carbocycles. The molecule has 0 unspecified atom stereocenters. The van der Waals surface area contributed by atoms with Crippen molar-refractivity contribution >= 4 is 21.6 Å². The van der Waals surface area contributed by atoms with Gasteiger partial charge in [-0.25, -0.2) is 12.7 Å². The highest BCUT2D eigenvalue weighted by Gasteiger charge is 2.19. The summed E-state index contributed by atoms with van der Waals surface area (Å²) in [5.41, 5.74) is 1.05. The lowest BCUT2D eigenvalue weighted by Gasteiger charge is -2.17. The minimum absolute atomic E-state index is 0.331. The number of hydrogen-bond donors (Lipinski definition) is 1. The van der Waals surface area contributed by atoms with Crippen molar-refractivity contribution in [2.45, 2.75) is 17.7 Å². The smallest absolute Gasteiger partial charge is 0.242 e. The van der Waals surface area contributed by atoms with Gasteiger partial charge in [0.1, 0.15) is 0 Å². The summed E-state index contributed by atoms with van der Waals surface area (Å²) >= 11 is 5.65. The summed E-state index contributed by atoms with van der Waals surface area (Å²) in [6, 6.07) is 6.92. The summed E-state index contributed by atoms with van der Waals surface area (Å²) in [6.07, 6.45) is 1.54. The van der Waals surface area contributed by atoms with Crippen LogP contribution in [0.1, 0.15) is 12.0 Å². The summed E-state index contributed by atoms with van der Waals surface area (Å²) in [6.45, 7) is 1.31. The van der Waals surface area contributed by atoms with Crippen LogP contribution in [-0.4, -0.2) is 45.8 Å². The zero-order valence-electron chi connectivity index (χ0n) is 11.4. The molecule has 1 aromatic rings. The molecule has 6 heteroatoms. The Morgan fingerprint density at radius 2 is 1.89 bits per heavy atom. The second-order valence-corrected chi connectivity index (χ2v) is 6.79. The van der Waals surface area contributed by atoms with Crippen LogP contribution < -0.4 is 5.32 Å². The summed E-state index contributed by atoms with van der Waals surface area (Å²) in [5.74, 6) is 0.538. The fourth-order valence-electron chi connectivity index (χ4n) is 1.72. The SMILES string of the molecule is CNCCCN(C)S(=O)(=O)c1ccc(CCCl)cc1. The number of alkyl halides is 1. The number of nitrogens with zero attached hydrogens (tertiary/aromatic N) is 1. The molecular weight excluding hydrogens is 284 g/mol. The minimum atomic E-state index is -3.38. The molecule has 0 amide bonds. The first-order valence-electron chi connectivity index (χ1n) is 6.28. The van der Waals surface area contributed by atoms with E-state index in [1.165, 1.54) is 4.31 Å². The Bertz CT molecular complexity index is 474. The van der Waals surface area contributed by atoms with Gasteiger partial charge in [0.25, 0.3) is 0 Å². The average Bonchev–Trinajstić information content (AvgIpc) is 2.40. The number of aryl methyl sites for hydroxylation is 1. The maximum atomic E-state index is 12.3. The van der Waals surface area contributed by atoms with Crippen molar-refractivity contribution in [2.75, 3.05) is 33.1 Å². The van der Waals surface area contributed by atoms with E-state index in [-0.39, 0.29) is 0 Å². The molecule has 4 nitrogen and oxygen atoms in total. The molecule has 0 aromatic heterocycles. The molecule has 0 aliphatic heterocycles. The van der Waals surface area contributed by atoms with Crippen LogP contribution in [0, 0.1) is 0 Å². The number of nitrogens with one attached hydrogen (secondary N) is 1. The van der Waals surface area contributed by atoms with Gasteiger partial charge in [-0.05, 0) is 44.1 Å². The molecule has 0 bridgehead atoms. The van der Waals surface area contributed by atoms with Crippen LogP contribution in [0.2, 0.25) is 0 Å². The normalized spacial score (nSPS) is 12.0. The molecule has 1 rings (SSSR count). The Balaban J connectivity index is 2.75. The summed E-state index contributed by atoms with van der Waals surface area (Å²) in [5, 5.41) is 3.00. The van der Waals surface area contributed by atoms with Crippen molar-refractivity contribution in [3.8, 4) is 0 Å². The average molecular weight is 305 g/mol. The molecule has 0 heterocycles. The first-order valence-corrected chi connectivity index (χ1v) is 8.25. The Morgan fingerprint density at radius 1 is 1.26 bits per heavy atom. The quantitative estimate of drug-likeness (QED) is 0.587. The van der Waals surface area contributed by atoms with Crippen LogP contribution in [-0.2, 0) is 16.4 Å². The van der Waals surface area contributed by atoms with Gasteiger partial charge in [-0.2, -0.15) is 0 Å². The lowest BCUT2D eigenvalue weighted by atomic mass is 10.2. The zero-order chi connectivity index (χ0) is 14.3. The highest BCUT2D eigenvalue weighted by Crippen LogP contribution is 2.15. The summed E-state index contributed by atoms with van der Waals surface area (Å²) < 4.78 is 25.9. The second kappa shape index (κ2) is 7.85. The van der Waals surface area contributed by atoms with Crippen molar-refractivity contribution in [2.24, 2.45) is 0 Å². The largest absolute Gasteiger partial charge is 0.320 e. The van der Waals surface area contributed by atoms with Gasteiger partial charge in [0.2, 0.25) is 10.0 Å². The standard InChI is InChI=1S/C13H21ClN2O2S/c1-15-10-3-11-16(2)19(17,18)13-6-4-12(5-7-13)8-9-14/h4-7,15H,3,8-11H2,1-2H3. The third-order valence-corrected chi connectivity index (χ3v) is 4.97. The van der Waals surface area contributed by atoms with Crippen molar-refractivity contribution in [1.82, 2.24) is 9.62 Å². The monoisotopic (exact) mass is 304 g/mol. The van der Waals surface area contributed by atoms with Crippen molar-refractivity contribution < 1.29 is 8.42 Å². The number of sulfonamides is 1. The zero-order valence-corrected chi connectivity index (χ0v) is 13.0. The maximum Gasteiger partial charge on any atom is 0.242 e. The lowest BCUT2D eigenvalue weighted by Crippen LogP contribution is -2.29. The molecule has 1 N–H and O–H groups in total. The van der Waals surface area contributed by atoms with Gasteiger partial charge in [-0.1, -0.05) is 12.1 Å². The van der Waals surface area contributed by atoms with Gasteiger partial charge in [0.05, 0.1) is 4.90 Å². The van der Waals surface area contributed by atoms with Crippen LogP contribution in [0.3, 0.4) is 0 Å². The van der Waals surface area contributed by atoms with E-state index in [4.69, 9.17) is 11.6 Å². The Kier molecular flexibility index (Phi) is 6.79. The molecule has 0 fully saturated rings. The second-order valence-electron chi connectivity index (χ2n) is 4.37. The van der Waals surface area contributed by atoms with Gasteiger partial charge in [0.15, 0.2) is 0 Å². The fraction of sp³-hybridized carbons (Fsp3) is 0.538. The van der Waals surface area contributed by atoms with Gasteiger partial charge in [-0.15, -0.1) is 11.6 Å². The molecule has 1 aromatic carbocycles. The van der Waals surface area contributed by atoms with Crippen LogP contribution in [0.5, 0.6) is 0 Å². The molecule has 0 aliphatic carbocycles. The molecule has 108 valence electrons. The van der Waals surface area contributed by atoms with Crippen molar-refractivity contribution in [3.05, 3.63) is 29.8 Å². The van der Waals surface area contributed by atoms with Crippen LogP contribution in [0.25, 0.3) is 0 Å². The molecule has 0 atom stereocenters. The predicted molar refractivity (Wildman–Crippen MR) is 79.2 cm³/mol. The fourth-order valence-corrected chi connectivity index (χ4v) is 3.14. The van der Waals surface area contributed by atoms with Gasteiger partial charge >= 0.3 is 0 Å². The highest BCUT2D eigenvalue weighted by molar-refractivity contribution is 7.89. The van der Waals surface area contributed by atoms with E-state index in [2.05, 4.69) is 5.32 Å². The van der Waals surface area contributed by atoms with E-state index in [1.807, 2.05) is 19.2 Å². The van der Waals surface area contributed by atoms with Crippen LogP contribution in [0.4, 0.5) is 0 Å². The summed E-state index contributed by atoms with van der Waals surface area (Å²) in [4.78, 5) is 0.331. The number of halogens is 1. The van der Waals surface area contributed by atoms with E-state index < -0.39 is 10.0 Å². The highest BCUT2D eigenvalue weighted by atomic mass is 35.5. The molecular formula is C13H21ClN2O2S. The van der Waals surface area contributed by atoms with Crippen LogP contribution >= 0.6 is 11.6 Å². The molecule has 0 aliphatic rings. The topological polar surface area (TPSA) is 49.4 Å². The third-order valence-electron chi connectivity index (χ3n) is 2.91. The molecule has 0 radical (unpaired) electrons. The first kappa shape index (κ1) is 16.4. The Morgan fingerprint density at radius 3 is 2.42 bits per heavy atom. The van der Waals surface area contributed by atoms with E-state index in [0.717, 1.165) is 24.9 Å². The number of rotatable bonds is 8. The minimum Gasteiger partial charge on any atom is -0.320 e. The molecule has 0 spiro atoms. The predicted octanol–water partition coefficient (Wildman–Crippen LogP) is 1.70. The Hall–Kier alpha value is -0.620. The number of hydrogen-bond acceptors (Lipinski definition) is 3. The molecule has 0 saturated heterocycles. The van der Waals surface area contributed by atoms with E-state index >= 15 is 0 Å². The van der Waals surface area contributed by atoms with E-state index in [0.29, 0.717) is 17.3 Å². The Labute approximate surface area is 120 Å². The van der Waals surface area contributed by atoms with Crippen molar-refractivity contribution in [3.63, 3.8) is 0 Å². The lowest BCUT2D eigenvalue weighted by molar-refractivity contribution is 0.458. The number of benzene rings is 1. The molecule has 19 heavy (non-hydrogen) atoms.